The second-order valence-corrected chi connectivity index (χ2v) is 8.81. The van der Waals surface area contributed by atoms with Crippen LogP contribution in [-0.2, 0) is 17.9 Å². The third-order valence-electron chi connectivity index (χ3n) is 4.93. The maximum Gasteiger partial charge on any atom is 0.222 e. The van der Waals surface area contributed by atoms with Gasteiger partial charge in [0.15, 0.2) is 5.96 Å². The van der Waals surface area contributed by atoms with Gasteiger partial charge in [0.2, 0.25) is 5.91 Å². The number of nitrogens with one attached hydrogen (secondary N) is 2. The summed E-state index contributed by atoms with van der Waals surface area (Å²) >= 11 is 0. The second kappa shape index (κ2) is 11.6. The highest BCUT2D eigenvalue weighted by Crippen LogP contribution is 2.21. The summed E-state index contributed by atoms with van der Waals surface area (Å²) in [6.45, 7) is 11.3. The number of rotatable bonds is 7. The summed E-state index contributed by atoms with van der Waals surface area (Å²) in [7, 11) is 1.81. The van der Waals surface area contributed by atoms with Crippen LogP contribution in [0.2, 0.25) is 0 Å². The molecule has 0 spiro atoms. The van der Waals surface area contributed by atoms with Crippen molar-refractivity contribution in [3.63, 3.8) is 0 Å². The van der Waals surface area contributed by atoms with Gasteiger partial charge in [-0.05, 0) is 42.7 Å². The Balaban J connectivity index is 0.00000392. The summed E-state index contributed by atoms with van der Waals surface area (Å²) in [5, 5.41) is 6.88. The smallest absolute Gasteiger partial charge is 0.222 e. The summed E-state index contributed by atoms with van der Waals surface area (Å²) in [5.41, 5.74) is 2.74. The average molecular weight is 500 g/mol. The molecule has 1 aromatic carbocycles. The summed E-state index contributed by atoms with van der Waals surface area (Å²) in [4.78, 5) is 18.1. The lowest BCUT2D eigenvalue weighted by Gasteiger charge is -2.23. The molecule has 1 aliphatic rings. The number of amides is 1. The van der Waals surface area contributed by atoms with E-state index in [1.165, 1.54) is 17.5 Å². The number of carbonyl (C=O) groups is 1. The van der Waals surface area contributed by atoms with E-state index in [0.29, 0.717) is 31.0 Å². The molecule has 6 heteroatoms. The molecule has 158 valence electrons. The minimum atomic E-state index is 0. The zero-order valence-corrected chi connectivity index (χ0v) is 20.4. The average Bonchev–Trinajstić information content (AvgIpc) is 3.01. The van der Waals surface area contributed by atoms with Crippen LogP contribution < -0.4 is 10.6 Å². The molecule has 5 nitrogen and oxygen atoms in total. The SMILES string of the molecule is CN=C(NCc1cccc(CN2CCCC2=O)c1)NC(C)CCC(C)(C)C.I. The third-order valence-corrected chi connectivity index (χ3v) is 4.93. The molecule has 1 aliphatic heterocycles. The van der Waals surface area contributed by atoms with Gasteiger partial charge in [0.25, 0.3) is 0 Å². The van der Waals surface area contributed by atoms with Crippen LogP contribution in [0.4, 0.5) is 0 Å². The molecule has 1 heterocycles. The van der Waals surface area contributed by atoms with Crippen molar-refractivity contribution in [2.75, 3.05) is 13.6 Å². The van der Waals surface area contributed by atoms with Crippen LogP contribution in [0, 0.1) is 5.41 Å². The Morgan fingerprint density at radius 1 is 1.29 bits per heavy atom. The maximum absolute atomic E-state index is 11.8. The van der Waals surface area contributed by atoms with E-state index >= 15 is 0 Å². The summed E-state index contributed by atoms with van der Waals surface area (Å²) in [6, 6.07) is 8.82. The van der Waals surface area contributed by atoms with Crippen LogP contribution >= 0.6 is 24.0 Å². The van der Waals surface area contributed by atoms with Gasteiger partial charge in [-0.25, -0.2) is 0 Å². The van der Waals surface area contributed by atoms with E-state index in [9.17, 15) is 4.79 Å². The van der Waals surface area contributed by atoms with E-state index in [0.717, 1.165) is 25.3 Å². The van der Waals surface area contributed by atoms with Gasteiger partial charge in [0.05, 0.1) is 0 Å². The molecular weight excluding hydrogens is 463 g/mol. The van der Waals surface area contributed by atoms with Crippen LogP contribution in [-0.4, -0.2) is 36.4 Å². The van der Waals surface area contributed by atoms with Gasteiger partial charge < -0.3 is 15.5 Å². The highest BCUT2D eigenvalue weighted by atomic mass is 127. The van der Waals surface area contributed by atoms with Crippen LogP contribution in [0.3, 0.4) is 0 Å². The fourth-order valence-electron chi connectivity index (χ4n) is 3.27. The molecule has 1 saturated heterocycles. The number of guanidine groups is 1. The lowest BCUT2D eigenvalue weighted by molar-refractivity contribution is -0.128. The first-order chi connectivity index (χ1) is 12.8. The number of carbonyl (C=O) groups excluding carboxylic acids is 1. The fraction of sp³-hybridized carbons (Fsp3) is 0.636. The Bertz CT molecular complexity index is 654. The fourth-order valence-corrected chi connectivity index (χ4v) is 3.27. The molecule has 0 saturated carbocycles. The van der Waals surface area contributed by atoms with Crippen LogP contribution in [0.1, 0.15) is 64.5 Å². The molecule has 0 aliphatic carbocycles. The monoisotopic (exact) mass is 500 g/mol. The number of halogens is 1. The first kappa shape index (κ1) is 24.7. The summed E-state index contributed by atoms with van der Waals surface area (Å²) < 4.78 is 0. The van der Waals surface area contributed by atoms with Crippen LogP contribution in [0.15, 0.2) is 29.3 Å². The van der Waals surface area contributed by atoms with Crippen molar-refractivity contribution >= 4 is 35.8 Å². The number of benzene rings is 1. The molecule has 2 N–H and O–H groups in total. The van der Waals surface area contributed by atoms with Crippen molar-refractivity contribution in [1.82, 2.24) is 15.5 Å². The van der Waals surface area contributed by atoms with E-state index in [-0.39, 0.29) is 29.9 Å². The van der Waals surface area contributed by atoms with Gasteiger partial charge in [-0.3, -0.25) is 9.79 Å². The van der Waals surface area contributed by atoms with Crippen LogP contribution in [0.25, 0.3) is 0 Å². The minimum absolute atomic E-state index is 0. The first-order valence-corrected chi connectivity index (χ1v) is 10.1. The second-order valence-electron chi connectivity index (χ2n) is 8.81. The lowest BCUT2D eigenvalue weighted by atomic mass is 9.89. The van der Waals surface area contributed by atoms with Crippen LogP contribution in [0.5, 0.6) is 0 Å². The molecule has 1 aromatic rings. The zero-order chi connectivity index (χ0) is 19.9. The Labute approximate surface area is 187 Å². The van der Waals surface area contributed by atoms with Crippen molar-refractivity contribution in [1.29, 1.82) is 0 Å². The highest BCUT2D eigenvalue weighted by molar-refractivity contribution is 14.0. The quantitative estimate of drug-likeness (QED) is 0.334. The highest BCUT2D eigenvalue weighted by Gasteiger charge is 2.20. The molecule has 2 rings (SSSR count). The molecule has 1 atom stereocenters. The first-order valence-electron chi connectivity index (χ1n) is 10.1. The van der Waals surface area contributed by atoms with E-state index in [1.54, 1.807) is 7.05 Å². The molecule has 0 bridgehead atoms. The van der Waals surface area contributed by atoms with Gasteiger partial charge in [0.1, 0.15) is 0 Å². The molecule has 1 fully saturated rings. The Morgan fingerprint density at radius 2 is 2.00 bits per heavy atom. The van der Waals surface area contributed by atoms with E-state index in [1.807, 2.05) is 4.90 Å². The number of nitrogens with zero attached hydrogens (tertiary/aromatic N) is 2. The van der Waals surface area contributed by atoms with Gasteiger partial charge in [0, 0.05) is 39.1 Å². The largest absolute Gasteiger partial charge is 0.354 e. The van der Waals surface area contributed by atoms with Gasteiger partial charge in [-0.2, -0.15) is 0 Å². The number of hydrogen-bond acceptors (Lipinski definition) is 2. The van der Waals surface area contributed by atoms with Crippen molar-refractivity contribution in [2.45, 2.75) is 72.5 Å². The molecular formula is C22H37IN4O. The summed E-state index contributed by atoms with van der Waals surface area (Å²) in [5.74, 6) is 1.10. The maximum atomic E-state index is 11.8. The van der Waals surface area contributed by atoms with E-state index in [4.69, 9.17) is 0 Å². The minimum Gasteiger partial charge on any atom is -0.354 e. The standard InChI is InChI=1S/C22H36N4O.HI/c1-17(11-12-22(2,3)4)25-21(23-5)24-15-18-8-6-9-19(14-18)16-26-13-7-10-20(26)27;/h6,8-9,14,17H,7,10-13,15-16H2,1-5H3,(H2,23,24,25);1H. The summed E-state index contributed by atoms with van der Waals surface area (Å²) in [6.07, 6.45) is 3.96. The predicted octanol–water partition coefficient (Wildman–Crippen LogP) is 4.31. The van der Waals surface area contributed by atoms with E-state index < -0.39 is 0 Å². The van der Waals surface area contributed by atoms with Gasteiger partial charge in [-0.1, -0.05) is 45.0 Å². The van der Waals surface area contributed by atoms with Crippen molar-refractivity contribution in [2.24, 2.45) is 10.4 Å². The van der Waals surface area contributed by atoms with Crippen molar-refractivity contribution < 1.29 is 4.79 Å². The molecule has 28 heavy (non-hydrogen) atoms. The Morgan fingerprint density at radius 3 is 2.61 bits per heavy atom. The molecule has 1 unspecified atom stereocenters. The third kappa shape index (κ3) is 8.80. The number of likely N-dealkylation sites (tertiary alicyclic amines) is 1. The number of aliphatic imine (C=N–C) groups is 1. The molecule has 0 radical (unpaired) electrons. The number of hydrogen-bond donors (Lipinski definition) is 2. The molecule has 1 amide bonds. The van der Waals surface area contributed by atoms with Gasteiger partial charge >= 0.3 is 0 Å². The van der Waals surface area contributed by atoms with Gasteiger partial charge in [-0.15, -0.1) is 24.0 Å². The normalized spacial score (nSPS) is 16.0. The Kier molecular flexibility index (Phi) is 10.3. The lowest BCUT2D eigenvalue weighted by Crippen LogP contribution is -2.42. The topological polar surface area (TPSA) is 56.7 Å². The van der Waals surface area contributed by atoms with E-state index in [2.05, 4.69) is 67.6 Å². The van der Waals surface area contributed by atoms with Crippen molar-refractivity contribution in [3.8, 4) is 0 Å². The van der Waals surface area contributed by atoms with Crippen molar-refractivity contribution in [3.05, 3.63) is 35.4 Å². The zero-order valence-electron chi connectivity index (χ0n) is 18.0. The predicted molar refractivity (Wildman–Crippen MR) is 128 cm³/mol. The Hall–Kier alpha value is -1.31. The molecule has 0 aromatic heterocycles.